The summed E-state index contributed by atoms with van der Waals surface area (Å²) in [6, 6.07) is 15.5. The number of anilines is 1. The van der Waals surface area contributed by atoms with Crippen LogP contribution in [0.1, 0.15) is 29.5 Å². The van der Waals surface area contributed by atoms with E-state index in [0.29, 0.717) is 23.1 Å². The van der Waals surface area contributed by atoms with Crippen LogP contribution in [0.25, 0.3) is 0 Å². The average Bonchev–Trinajstić information content (AvgIpc) is 2.75. The molecule has 3 aromatic rings. The minimum atomic E-state index is 0.214. The van der Waals surface area contributed by atoms with Crippen molar-refractivity contribution in [2.45, 2.75) is 32.3 Å². The summed E-state index contributed by atoms with van der Waals surface area (Å²) in [4.78, 5) is 0. The second kappa shape index (κ2) is 8.74. The van der Waals surface area contributed by atoms with Crippen molar-refractivity contribution >= 4 is 40.5 Å². The third-order valence-electron chi connectivity index (χ3n) is 5.04. The van der Waals surface area contributed by atoms with Crippen LogP contribution in [0.15, 0.2) is 48.5 Å². The number of ether oxygens (including phenoxy) is 2. The van der Waals surface area contributed by atoms with E-state index in [2.05, 4.69) is 12.1 Å². The summed E-state index contributed by atoms with van der Waals surface area (Å²) in [5.74, 6) is 1.93. The number of halogens is 3. The predicted molar refractivity (Wildman–Crippen MR) is 120 cm³/mol. The molecule has 3 aromatic carbocycles. The van der Waals surface area contributed by atoms with E-state index in [-0.39, 0.29) is 10.0 Å². The largest absolute Gasteiger partial charge is 0.489 e. The van der Waals surface area contributed by atoms with Gasteiger partial charge in [0.2, 0.25) is 0 Å². The average molecular weight is 449 g/mol. The molecule has 0 aliphatic heterocycles. The van der Waals surface area contributed by atoms with E-state index in [1.165, 1.54) is 5.56 Å². The van der Waals surface area contributed by atoms with Crippen molar-refractivity contribution in [2.24, 2.45) is 0 Å². The molecule has 0 unspecified atom stereocenters. The van der Waals surface area contributed by atoms with Crippen molar-refractivity contribution in [1.82, 2.24) is 0 Å². The normalized spacial score (nSPS) is 13.1. The number of fused-ring (bicyclic) bond motifs is 1. The monoisotopic (exact) mass is 447 g/mol. The molecule has 1 aliphatic rings. The molecule has 0 radical (unpaired) electrons. The van der Waals surface area contributed by atoms with Gasteiger partial charge in [0.15, 0.2) is 5.75 Å². The Morgan fingerprint density at radius 3 is 2.21 bits per heavy atom. The fourth-order valence-corrected chi connectivity index (χ4v) is 4.26. The van der Waals surface area contributed by atoms with Crippen molar-refractivity contribution in [2.75, 3.05) is 5.73 Å². The van der Waals surface area contributed by atoms with Crippen LogP contribution >= 0.6 is 34.8 Å². The zero-order valence-electron chi connectivity index (χ0n) is 15.7. The molecule has 0 saturated heterocycles. The molecule has 0 saturated carbocycles. The first-order valence-electron chi connectivity index (χ1n) is 9.47. The molecule has 29 heavy (non-hydrogen) atoms. The van der Waals surface area contributed by atoms with Crippen molar-refractivity contribution in [3.05, 3.63) is 80.3 Å². The van der Waals surface area contributed by atoms with Crippen LogP contribution in [0, 0.1) is 0 Å². The summed E-state index contributed by atoms with van der Waals surface area (Å²) in [5, 5.41) is 0.777. The Morgan fingerprint density at radius 2 is 1.48 bits per heavy atom. The summed E-state index contributed by atoms with van der Waals surface area (Å²) < 4.78 is 12.3. The van der Waals surface area contributed by atoms with E-state index in [1.807, 2.05) is 30.3 Å². The molecule has 4 rings (SSSR count). The van der Waals surface area contributed by atoms with Gasteiger partial charge in [0.05, 0.1) is 15.7 Å². The predicted octanol–water partition coefficient (Wildman–Crippen LogP) is 7.48. The number of nitrogens with two attached hydrogens (primary N) is 1. The number of rotatable bonds is 5. The lowest BCUT2D eigenvalue weighted by Gasteiger charge is -2.23. The van der Waals surface area contributed by atoms with Crippen LogP contribution in [0.2, 0.25) is 15.1 Å². The fourth-order valence-electron chi connectivity index (χ4n) is 3.57. The Kier molecular flexibility index (Phi) is 6.09. The molecule has 0 aromatic heterocycles. The van der Waals surface area contributed by atoms with Gasteiger partial charge in [0.25, 0.3) is 0 Å². The van der Waals surface area contributed by atoms with Gasteiger partial charge in [0.1, 0.15) is 23.1 Å². The zero-order valence-corrected chi connectivity index (χ0v) is 17.9. The van der Waals surface area contributed by atoms with Crippen molar-refractivity contribution in [3.63, 3.8) is 0 Å². The summed E-state index contributed by atoms with van der Waals surface area (Å²) >= 11 is 18.8. The standard InChI is InChI=1S/C23H20Cl3NO2/c24-17-12-18(27)21(25)22(26)23(17)29-20-11-10-19(15-8-4-5-9-16(15)20)28-13-14-6-2-1-3-7-14/h1-3,6-7,10-12H,4-5,8-9,13,27H2. The van der Waals surface area contributed by atoms with Gasteiger partial charge >= 0.3 is 0 Å². The molecule has 3 nitrogen and oxygen atoms in total. The van der Waals surface area contributed by atoms with Crippen molar-refractivity contribution in [3.8, 4) is 17.2 Å². The van der Waals surface area contributed by atoms with E-state index < -0.39 is 0 Å². The SMILES string of the molecule is Nc1cc(Cl)c(Oc2ccc(OCc3ccccc3)c3c2CCCC3)c(Cl)c1Cl. The first kappa shape index (κ1) is 20.2. The van der Waals surface area contributed by atoms with Crippen LogP contribution in [-0.2, 0) is 19.4 Å². The highest BCUT2D eigenvalue weighted by molar-refractivity contribution is 6.46. The fraction of sp³-hybridized carbons (Fsp3) is 0.217. The lowest BCUT2D eigenvalue weighted by molar-refractivity contribution is 0.300. The van der Waals surface area contributed by atoms with Crippen molar-refractivity contribution in [1.29, 1.82) is 0 Å². The summed E-state index contributed by atoms with van der Waals surface area (Å²) in [6.07, 6.45) is 4.06. The maximum atomic E-state index is 6.34. The maximum Gasteiger partial charge on any atom is 0.166 e. The molecule has 0 fully saturated rings. The van der Waals surface area contributed by atoms with Crippen LogP contribution in [-0.4, -0.2) is 0 Å². The van der Waals surface area contributed by atoms with Gasteiger partial charge in [0, 0.05) is 11.1 Å². The molecule has 0 amide bonds. The van der Waals surface area contributed by atoms with Gasteiger partial charge in [-0.3, -0.25) is 0 Å². The molecule has 0 atom stereocenters. The third kappa shape index (κ3) is 4.28. The molecule has 1 aliphatic carbocycles. The van der Waals surface area contributed by atoms with Crippen LogP contribution in [0.5, 0.6) is 17.2 Å². The highest BCUT2D eigenvalue weighted by Gasteiger charge is 2.22. The van der Waals surface area contributed by atoms with Gasteiger partial charge < -0.3 is 15.2 Å². The summed E-state index contributed by atoms with van der Waals surface area (Å²) in [5.41, 5.74) is 9.58. The summed E-state index contributed by atoms with van der Waals surface area (Å²) in [6.45, 7) is 0.526. The third-order valence-corrected chi connectivity index (χ3v) is 6.19. The maximum absolute atomic E-state index is 6.34. The van der Waals surface area contributed by atoms with Crippen molar-refractivity contribution < 1.29 is 9.47 Å². The van der Waals surface area contributed by atoms with Gasteiger partial charge in [-0.2, -0.15) is 0 Å². The highest BCUT2D eigenvalue weighted by Crippen LogP contribution is 2.46. The van der Waals surface area contributed by atoms with Crippen LogP contribution in [0.4, 0.5) is 5.69 Å². The zero-order chi connectivity index (χ0) is 20.4. The molecule has 150 valence electrons. The molecule has 0 spiro atoms. The topological polar surface area (TPSA) is 44.5 Å². The quantitative estimate of drug-likeness (QED) is 0.325. The molecular formula is C23H20Cl3NO2. The van der Waals surface area contributed by atoms with E-state index in [0.717, 1.165) is 48.3 Å². The molecule has 6 heteroatoms. The first-order valence-corrected chi connectivity index (χ1v) is 10.6. The molecule has 2 N–H and O–H groups in total. The Labute approximate surface area is 185 Å². The van der Waals surface area contributed by atoms with E-state index in [1.54, 1.807) is 6.07 Å². The van der Waals surface area contributed by atoms with Gasteiger partial charge in [-0.05, 0) is 49.4 Å². The molecular weight excluding hydrogens is 429 g/mol. The van der Waals surface area contributed by atoms with E-state index in [9.17, 15) is 0 Å². The lowest BCUT2D eigenvalue weighted by Crippen LogP contribution is -2.08. The first-order chi connectivity index (χ1) is 14.0. The number of hydrogen-bond acceptors (Lipinski definition) is 3. The second-order valence-electron chi connectivity index (χ2n) is 7.01. The number of nitrogen functional groups attached to an aromatic ring is 1. The Bertz CT molecular complexity index is 1040. The molecule has 0 bridgehead atoms. The lowest BCUT2D eigenvalue weighted by atomic mass is 9.90. The van der Waals surface area contributed by atoms with Crippen LogP contribution < -0.4 is 15.2 Å². The van der Waals surface area contributed by atoms with Gasteiger partial charge in [-0.15, -0.1) is 0 Å². The molecule has 0 heterocycles. The minimum Gasteiger partial charge on any atom is -0.489 e. The summed E-state index contributed by atoms with van der Waals surface area (Å²) in [7, 11) is 0. The highest BCUT2D eigenvalue weighted by atomic mass is 35.5. The second-order valence-corrected chi connectivity index (χ2v) is 8.17. The van der Waals surface area contributed by atoms with Gasteiger partial charge in [-0.25, -0.2) is 0 Å². The van der Waals surface area contributed by atoms with Gasteiger partial charge in [-0.1, -0.05) is 65.1 Å². The Morgan fingerprint density at radius 1 is 0.828 bits per heavy atom. The Hall–Kier alpha value is -2.07. The smallest absolute Gasteiger partial charge is 0.166 e. The van der Waals surface area contributed by atoms with Crippen LogP contribution in [0.3, 0.4) is 0 Å². The Balaban J connectivity index is 1.65. The van der Waals surface area contributed by atoms with E-state index >= 15 is 0 Å². The number of hydrogen-bond donors (Lipinski definition) is 1. The number of benzene rings is 3. The minimum absolute atomic E-state index is 0.214. The van der Waals surface area contributed by atoms with E-state index in [4.69, 9.17) is 50.0 Å².